The summed E-state index contributed by atoms with van der Waals surface area (Å²) in [5.74, 6) is 2.24. The van der Waals surface area contributed by atoms with Crippen LogP contribution in [0.25, 0.3) is 0 Å². The molecule has 0 spiro atoms. The molecule has 1 aromatic carbocycles. The number of hydrogen-bond acceptors (Lipinski definition) is 5. The molecule has 6 nitrogen and oxygen atoms in total. The molecule has 1 aromatic heterocycles. The van der Waals surface area contributed by atoms with E-state index < -0.39 is 0 Å². The highest BCUT2D eigenvalue weighted by atomic mass is 16.5. The summed E-state index contributed by atoms with van der Waals surface area (Å²) in [6, 6.07) is 5.57. The lowest BCUT2D eigenvalue weighted by atomic mass is 10.2. The normalized spacial score (nSPS) is 10.5. The Morgan fingerprint density at radius 3 is 2.67 bits per heavy atom. The monoisotopic (exact) mass is 290 g/mol. The second kappa shape index (κ2) is 6.39. The molecule has 1 heterocycles. The van der Waals surface area contributed by atoms with Crippen LogP contribution in [-0.4, -0.2) is 24.0 Å². The third-order valence-corrected chi connectivity index (χ3v) is 3.27. The first-order chi connectivity index (χ1) is 10.1. The number of nitrogens with one attached hydrogen (secondary N) is 1. The van der Waals surface area contributed by atoms with Gasteiger partial charge in [0.25, 0.3) is 0 Å². The Hall–Kier alpha value is -2.37. The average molecular weight is 290 g/mol. The van der Waals surface area contributed by atoms with Gasteiger partial charge in [-0.25, -0.2) is 4.68 Å². The highest BCUT2D eigenvalue weighted by molar-refractivity contribution is 5.74. The zero-order valence-electron chi connectivity index (χ0n) is 12.9. The molecule has 0 saturated heterocycles. The minimum absolute atomic E-state index is 0.647. The minimum Gasteiger partial charge on any atom is -0.497 e. The SMILES string of the molecule is CCCn1nc(C)c(N)c1Nc1cc(OC)ccc1OC. The van der Waals surface area contributed by atoms with Gasteiger partial charge in [-0.3, -0.25) is 0 Å². The number of methoxy groups -OCH3 is 2. The fraction of sp³-hybridized carbons (Fsp3) is 0.400. The van der Waals surface area contributed by atoms with Crippen molar-refractivity contribution >= 4 is 17.2 Å². The highest BCUT2D eigenvalue weighted by Crippen LogP contribution is 2.34. The number of anilines is 3. The van der Waals surface area contributed by atoms with Crippen LogP contribution in [0.5, 0.6) is 11.5 Å². The Balaban J connectivity index is 2.41. The number of nitrogens with two attached hydrogens (primary N) is 1. The molecular formula is C15H22N4O2. The van der Waals surface area contributed by atoms with Crippen molar-refractivity contribution in [1.82, 2.24) is 9.78 Å². The molecule has 21 heavy (non-hydrogen) atoms. The van der Waals surface area contributed by atoms with Crippen molar-refractivity contribution in [1.29, 1.82) is 0 Å². The topological polar surface area (TPSA) is 74.3 Å². The Bertz CT molecular complexity index is 622. The number of benzene rings is 1. The summed E-state index contributed by atoms with van der Waals surface area (Å²) in [5.41, 5.74) is 8.38. The molecular weight excluding hydrogens is 268 g/mol. The van der Waals surface area contributed by atoms with Crippen molar-refractivity contribution in [2.45, 2.75) is 26.8 Å². The molecule has 0 atom stereocenters. The van der Waals surface area contributed by atoms with Crippen molar-refractivity contribution in [3.63, 3.8) is 0 Å². The van der Waals surface area contributed by atoms with E-state index in [1.54, 1.807) is 14.2 Å². The Morgan fingerprint density at radius 1 is 1.29 bits per heavy atom. The van der Waals surface area contributed by atoms with Gasteiger partial charge >= 0.3 is 0 Å². The van der Waals surface area contributed by atoms with Gasteiger partial charge in [-0.15, -0.1) is 0 Å². The van der Waals surface area contributed by atoms with Crippen molar-refractivity contribution in [3.05, 3.63) is 23.9 Å². The van der Waals surface area contributed by atoms with Crippen molar-refractivity contribution in [3.8, 4) is 11.5 Å². The molecule has 0 unspecified atom stereocenters. The number of nitrogens with zero attached hydrogens (tertiary/aromatic N) is 2. The standard InChI is InChI=1S/C15H22N4O2/c1-5-8-19-15(14(16)10(2)18-19)17-12-9-11(20-3)6-7-13(12)21-4/h6-7,9,17H,5,8,16H2,1-4H3. The van der Waals surface area contributed by atoms with Gasteiger partial charge in [0.05, 0.1) is 31.3 Å². The summed E-state index contributed by atoms with van der Waals surface area (Å²) in [4.78, 5) is 0. The number of ether oxygens (including phenoxy) is 2. The third kappa shape index (κ3) is 3.04. The summed E-state index contributed by atoms with van der Waals surface area (Å²) in [6.07, 6.45) is 0.977. The fourth-order valence-electron chi connectivity index (χ4n) is 2.14. The van der Waals surface area contributed by atoms with E-state index in [0.29, 0.717) is 5.69 Å². The second-order valence-electron chi connectivity index (χ2n) is 4.76. The van der Waals surface area contributed by atoms with Crippen molar-refractivity contribution < 1.29 is 9.47 Å². The molecule has 0 aliphatic rings. The first-order valence-electron chi connectivity index (χ1n) is 6.92. The number of nitrogen functional groups attached to an aromatic ring is 1. The zero-order chi connectivity index (χ0) is 15.4. The van der Waals surface area contributed by atoms with E-state index in [4.69, 9.17) is 15.2 Å². The summed E-state index contributed by atoms with van der Waals surface area (Å²) < 4.78 is 12.5. The Labute approximate surface area is 124 Å². The van der Waals surface area contributed by atoms with Gasteiger partial charge in [-0.05, 0) is 25.5 Å². The number of rotatable bonds is 6. The first kappa shape index (κ1) is 15.0. The van der Waals surface area contributed by atoms with E-state index in [2.05, 4.69) is 17.3 Å². The maximum Gasteiger partial charge on any atom is 0.152 e. The summed E-state index contributed by atoms with van der Waals surface area (Å²) in [5, 5.41) is 7.76. The predicted molar refractivity (Wildman–Crippen MR) is 84.5 cm³/mol. The van der Waals surface area contributed by atoms with Gasteiger partial charge < -0.3 is 20.5 Å². The predicted octanol–water partition coefficient (Wildman–Crippen LogP) is 2.94. The summed E-state index contributed by atoms with van der Waals surface area (Å²) in [6.45, 7) is 4.80. The van der Waals surface area contributed by atoms with Gasteiger partial charge in [0, 0.05) is 12.6 Å². The quantitative estimate of drug-likeness (QED) is 0.855. The molecule has 3 N–H and O–H groups in total. The molecule has 2 rings (SSSR count). The van der Waals surface area contributed by atoms with E-state index in [1.807, 2.05) is 29.8 Å². The second-order valence-corrected chi connectivity index (χ2v) is 4.76. The van der Waals surface area contributed by atoms with E-state index in [1.165, 1.54) is 0 Å². The van der Waals surface area contributed by atoms with Gasteiger partial charge in [0.2, 0.25) is 0 Å². The van der Waals surface area contributed by atoms with Crippen LogP contribution in [0.3, 0.4) is 0 Å². The summed E-state index contributed by atoms with van der Waals surface area (Å²) in [7, 11) is 3.26. The van der Waals surface area contributed by atoms with Gasteiger partial charge in [0.15, 0.2) is 5.82 Å². The van der Waals surface area contributed by atoms with E-state index >= 15 is 0 Å². The van der Waals surface area contributed by atoms with Crippen molar-refractivity contribution in [2.75, 3.05) is 25.3 Å². The van der Waals surface area contributed by atoms with Gasteiger partial charge in [-0.1, -0.05) is 6.92 Å². The van der Waals surface area contributed by atoms with E-state index in [0.717, 1.165) is 41.7 Å². The van der Waals surface area contributed by atoms with Crippen LogP contribution in [0.15, 0.2) is 18.2 Å². The fourth-order valence-corrected chi connectivity index (χ4v) is 2.14. The van der Waals surface area contributed by atoms with Crippen LogP contribution < -0.4 is 20.5 Å². The highest BCUT2D eigenvalue weighted by Gasteiger charge is 2.14. The number of aromatic nitrogens is 2. The average Bonchev–Trinajstić information content (AvgIpc) is 2.75. The third-order valence-electron chi connectivity index (χ3n) is 3.27. The lowest BCUT2D eigenvalue weighted by Crippen LogP contribution is -2.06. The summed E-state index contributed by atoms with van der Waals surface area (Å²) >= 11 is 0. The molecule has 0 bridgehead atoms. The zero-order valence-corrected chi connectivity index (χ0v) is 12.9. The molecule has 0 saturated carbocycles. The van der Waals surface area contributed by atoms with Gasteiger partial charge in [-0.2, -0.15) is 5.10 Å². The van der Waals surface area contributed by atoms with Crippen molar-refractivity contribution in [2.24, 2.45) is 0 Å². The van der Waals surface area contributed by atoms with Crippen LogP contribution in [-0.2, 0) is 6.54 Å². The maximum absolute atomic E-state index is 6.13. The molecule has 0 aliphatic heterocycles. The van der Waals surface area contributed by atoms with E-state index in [9.17, 15) is 0 Å². The van der Waals surface area contributed by atoms with Crippen LogP contribution in [0.4, 0.5) is 17.2 Å². The lowest BCUT2D eigenvalue weighted by molar-refractivity contribution is 0.404. The van der Waals surface area contributed by atoms with Gasteiger partial charge in [0.1, 0.15) is 11.5 Å². The number of hydrogen-bond donors (Lipinski definition) is 2. The Morgan fingerprint density at radius 2 is 2.05 bits per heavy atom. The lowest BCUT2D eigenvalue weighted by Gasteiger charge is -2.14. The molecule has 0 fully saturated rings. The largest absolute Gasteiger partial charge is 0.497 e. The van der Waals surface area contributed by atoms with Crippen LogP contribution >= 0.6 is 0 Å². The maximum atomic E-state index is 6.13. The van der Waals surface area contributed by atoms with Crippen LogP contribution in [0.1, 0.15) is 19.0 Å². The van der Waals surface area contributed by atoms with Crippen LogP contribution in [0, 0.1) is 6.92 Å². The smallest absolute Gasteiger partial charge is 0.152 e. The molecule has 2 aromatic rings. The molecule has 0 radical (unpaired) electrons. The Kier molecular flexibility index (Phi) is 4.57. The molecule has 114 valence electrons. The minimum atomic E-state index is 0.647. The molecule has 0 aliphatic carbocycles. The van der Waals surface area contributed by atoms with E-state index in [-0.39, 0.29) is 0 Å². The first-order valence-corrected chi connectivity index (χ1v) is 6.92. The van der Waals surface area contributed by atoms with Crippen LogP contribution in [0.2, 0.25) is 0 Å². The molecule has 0 amide bonds. The molecule has 6 heteroatoms. The number of aryl methyl sites for hydroxylation is 2.